The van der Waals surface area contributed by atoms with E-state index in [4.69, 9.17) is 9.40 Å². The molecule has 3 aromatic heterocycles. The van der Waals surface area contributed by atoms with Crippen LogP contribution in [0.2, 0.25) is 0 Å². The molecule has 0 atom stereocenters. The highest BCUT2D eigenvalue weighted by Crippen LogP contribution is 2.24. The second kappa shape index (κ2) is 5.42. The van der Waals surface area contributed by atoms with Gasteiger partial charge in [0, 0.05) is 19.3 Å². The molecule has 5 heteroatoms. The van der Waals surface area contributed by atoms with E-state index in [-0.39, 0.29) is 0 Å². The van der Waals surface area contributed by atoms with Crippen LogP contribution in [-0.2, 0) is 19.5 Å². The molecule has 4 nitrogen and oxygen atoms in total. The van der Waals surface area contributed by atoms with Gasteiger partial charge in [0.05, 0.1) is 23.4 Å². The molecule has 0 spiro atoms. The Morgan fingerprint density at radius 3 is 3.10 bits per heavy atom. The third kappa shape index (κ3) is 2.62. The molecular formula is C16H15N3OS. The van der Waals surface area contributed by atoms with E-state index in [0.29, 0.717) is 0 Å². The quantitative estimate of drug-likeness (QED) is 0.743. The first-order chi connectivity index (χ1) is 10.4. The highest BCUT2D eigenvalue weighted by atomic mass is 32.1. The fourth-order valence-electron chi connectivity index (χ4n) is 2.64. The number of nitrogens with zero attached hydrogens (tertiary/aromatic N) is 3. The van der Waals surface area contributed by atoms with E-state index >= 15 is 0 Å². The van der Waals surface area contributed by atoms with Gasteiger partial charge in [-0.1, -0.05) is 6.07 Å². The Bertz CT molecular complexity index is 722. The van der Waals surface area contributed by atoms with Gasteiger partial charge in [0.1, 0.15) is 5.76 Å². The van der Waals surface area contributed by atoms with Crippen LogP contribution in [-0.4, -0.2) is 21.4 Å². The van der Waals surface area contributed by atoms with Crippen molar-refractivity contribution in [3.05, 3.63) is 59.1 Å². The Kier molecular flexibility index (Phi) is 3.29. The molecule has 0 N–H and O–H groups in total. The molecule has 0 fully saturated rings. The summed E-state index contributed by atoms with van der Waals surface area (Å²) in [6.45, 7) is 2.72. The maximum Gasteiger partial charge on any atom is 0.169 e. The Morgan fingerprint density at radius 2 is 2.29 bits per heavy atom. The van der Waals surface area contributed by atoms with E-state index in [9.17, 15) is 0 Å². The second-order valence-electron chi connectivity index (χ2n) is 5.18. The van der Waals surface area contributed by atoms with E-state index in [1.807, 2.05) is 24.4 Å². The number of aromatic nitrogens is 2. The maximum absolute atomic E-state index is 5.43. The minimum Gasteiger partial charge on any atom is -0.468 e. The summed E-state index contributed by atoms with van der Waals surface area (Å²) in [6.07, 6.45) is 4.71. The lowest BCUT2D eigenvalue weighted by molar-refractivity contribution is 0.222. The molecule has 0 aromatic carbocycles. The molecule has 106 valence electrons. The van der Waals surface area contributed by atoms with Crippen LogP contribution in [0.1, 0.15) is 17.0 Å². The average Bonchev–Trinajstić information content (AvgIpc) is 3.20. The number of hydrogen-bond donors (Lipinski definition) is 0. The molecule has 0 aliphatic carbocycles. The summed E-state index contributed by atoms with van der Waals surface area (Å²) < 4.78 is 5.43. The summed E-state index contributed by atoms with van der Waals surface area (Å²) in [4.78, 5) is 12.8. The molecule has 1 aliphatic heterocycles. The Hall–Kier alpha value is -1.98. The maximum atomic E-state index is 5.43. The summed E-state index contributed by atoms with van der Waals surface area (Å²) >= 11 is 1.68. The monoisotopic (exact) mass is 297 g/mol. The van der Waals surface area contributed by atoms with Gasteiger partial charge in [-0.3, -0.25) is 4.90 Å². The van der Waals surface area contributed by atoms with Crippen LogP contribution in [0.5, 0.6) is 0 Å². The van der Waals surface area contributed by atoms with Gasteiger partial charge >= 0.3 is 0 Å². The summed E-state index contributed by atoms with van der Waals surface area (Å²) in [5, 5.41) is 2.06. The van der Waals surface area contributed by atoms with Gasteiger partial charge < -0.3 is 4.42 Å². The van der Waals surface area contributed by atoms with Gasteiger partial charge in [-0.2, -0.15) is 0 Å². The first-order valence-corrected chi connectivity index (χ1v) is 7.90. The Morgan fingerprint density at radius 1 is 1.29 bits per heavy atom. The molecule has 4 rings (SSSR count). The largest absolute Gasteiger partial charge is 0.468 e. The zero-order chi connectivity index (χ0) is 14.1. The van der Waals surface area contributed by atoms with Crippen LogP contribution < -0.4 is 0 Å². The van der Waals surface area contributed by atoms with E-state index in [1.54, 1.807) is 17.6 Å². The standard InChI is InChI=1S/C16H15N3OS/c1-3-13(20-7-1)10-19-6-5-12-9-17-16(18-14(12)11-19)15-4-2-8-21-15/h1-4,7-9H,5-6,10-11H2. The molecule has 21 heavy (non-hydrogen) atoms. The van der Waals surface area contributed by atoms with Crippen molar-refractivity contribution in [3.8, 4) is 10.7 Å². The fraction of sp³-hybridized carbons (Fsp3) is 0.250. The zero-order valence-electron chi connectivity index (χ0n) is 11.5. The van der Waals surface area contributed by atoms with Gasteiger partial charge in [-0.25, -0.2) is 9.97 Å². The lowest BCUT2D eigenvalue weighted by Crippen LogP contribution is -2.30. The third-order valence-corrected chi connectivity index (χ3v) is 4.59. The van der Waals surface area contributed by atoms with Crippen molar-refractivity contribution in [3.63, 3.8) is 0 Å². The normalized spacial score (nSPS) is 15.0. The van der Waals surface area contributed by atoms with Gasteiger partial charge in [-0.05, 0) is 35.6 Å². The number of rotatable bonds is 3. The molecule has 1 aliphatic rings. The van der Waals surface area contributed by atoms with E-state index in [0.717, 1.165) is 48.2 Å². The van der Waals surface area contributed by atoms with E-state index in [1.165, 1.54) is 5.56 Å². The molecule has 0 bridgehead atoms. The van der Waals surface area contributed by atoms with E-state index < -0.39 is 0 Å². The van der Waals surface area contributed by atoms with Crippen LogP contribution in [0, 0.1) is 0 Å². The van der Waals surface area contributed by atoms with Crippen LogP contribution in [0.3, 0.4) is 0 Å². The van der Waals surface area contributed by atoms with Crippen molar-refractivity contribution < 1.29 is 4.42 Å². The number of fused-ring (bicyclic) bond motifs is 1. The topological polar surface area (TPSA) is 42.2 Å². The second-order valence-corrected chi connectivity index (χ2v) is 6.13. The molecular weight excluding hydrogens is 282 g/mol. The number of hydrogen-bond acceptors (Lipinski definition) is 5. The molecule has 0 saturated heterocycles. The zero-order valence-corrected chi connectivity index (χ0v) is 12.3. The average molecular weight is 297 g/mol. The van der Waals surface area contributed by atoms with Gasteiger partial charge in [0.15, 0.2) is 5.82 Å². The van der Waals surface area contributed by atoms with Gasteiger partial charge in [0.25, 0.3) is 0 Å². The van der Waals surface area contributed by atoms with E-state index in [2.05, 4.69) is 21.3 Å². The van der Waals surface area contributed by atoms with Crippen LogP contribution in [0.25, 0.3) is 10.7 Å². The lowest BCUT2D eigenvalue weighted by atomic mass is 10.1. The Labute approximate surface area is 127 Å². The van der Waals surface area contributed by atoms with Crippen LogP contribution in [0.4, 0.5) is 0 Å². The lowest BCUT2D eigenvalue weighted by Gasteiger charge is -2.27. The van der Waals surface area contributed by atoms with Gasteiger partial charge in [-0.15, -0.1) is 11.3 Å². The molecule has 0 radical (unpaired) electrons. The van der Waals surface area contributed by atoms with Crippen molar-refractivity contribution in [2.24, 2.45) is 0 Å². The highest BCUT2D eigenvalue weighted by molar-refractivity contribution is 7.13. The summed E-state index contributed by atoms with van der Waals surface area (Å²) in [6, 6.07) is 8.05. The highest BCUT2D eigenvalue weighted by Gasteiger charge is 2.19. The van der Waals surface area contributed by atoms with Crippen molar-refractivity contribution in [1.82, 2.24) is 14.9 Å². The summed E-state index contributed by atoms with van der Waals surface area (Å²) in [5.74, 6) is 1.84. The summed E-state index contributed by atoms with van der Waals surface area (Å²) in [7, 11) is 0. The first kappa shape index (κ1) is 12.7. The van der Waals surface area contributed by atoms with Gasteiger partial charge in [0.2, 0.25) is 0 Å². The molecule has 0 amide bonds. The molecule has 0 unspecified atom stereocenters. The minimum absolute atomic E-state index is 0.837. The van der Waals surface area contributed by atoms with Crippen molar-refractivity contribution >= 4 is 11.3 Å². The molecule has 0 saturated carbocycles. The predicted molar refractivity (Wildman–Crippen MR) is 81.9 cm³/mol. The smallest absolute Gasteiger partial charge is 0.169 e. The third-order valence-electron chi connectivity index (χ3n) is 3.73. The molecule has 4 heterocycles. The van der Waals surface area contributed by atoms with Crippen molar-refractivity contribution in [1.29, 1.82) is 0 Å². The SMILES string of the molecule is c1coc(CN2CCc3cnc(-c4cccs4)nc3C2)c1. The Balaban J connectivity index is 1.57. The van der Waals surface area contributed by atoms with Crippen LogP contribution in [0.15, 0.2) is 46.5 Å². The number of furan rings is 1. The van der Waals surface area contributed by atoms with Crippen LogP contribution >= 0.6 is 11.3 Å². The number of thiophene rings is 1. The minimum atomic E-state index is 0.837. The fourth-order valence-corrected chi connectivity index (χ4v) is 3.30. The summed E-state index contributed by atoms with van der Waals surface area (Å²) in [5.41, 5.74) is 2.41. The van der Waals surface area contributed by atoms with Crippen molar-refractivity contribution in [2.75, 3.05) is 6.54 Å². The first-order valence-electron chi connectivity index (χ1n) is 7.02. The predicted octanol–water partition coefficient (Wildman–Crippen LogP) is 3.36. The molecule has 3 aromatic rings. The van der Waals surface area contributed by atoms with Crippen molar-refractivity contribution in [2.45, 2.75) is 19.5 Å².